The summed E-state index contributed by atoms with van der Waals surface area (Å²) in [7, 11) is 0. The molecule has 3 rings (SSSR count). The fraction of sp³-hybridized carbons (Fsp3) is 0.412. The van der Waals surface area contributed by atoms with E-state index >= 15 is 0 Å². The third-order valence-corrected chi connectivity index (χ3v) is 4.24. The van der Waals surface area contributed by atoms with Crippen molar-refractivity contribution in [2.24, 2.45) is 0 Å². The van der Waals surface area contributed by atoms with Gasteiger partial charge in [0.15, 0.2) is 5.11 Å². The van der Waals surface area contributed by atoms with Crippen LogP contribution in [0.3, 0.4) is 0 Å². The van der Waals surface area contributed by atoms with Crippen molar-refractivity contribution in [1.29, 1.82) is 0 Å². The molecule has 23 heavy (non-hydrogen) atoms. The predicted molar refractivity (Wildman–Crippen MR) is 91.8 cm³/mol. The molecular weight excluding hydrogens is 310 g/mol. The molecule has 0 unspecified atom stereocenters. The summed E-state index contributed by atoms with van der Waals surface area (Å²) in [5, 5.41) is 4.05. The van der Waals surface area contributed by atoms with Crippen LogP contribution in [0, 0.1) is 0 Å². The number of rotatable bonds is 6. The number of nitrogens with zero attached hydrogens (tertiary/aromatic N) is 2. The lowest BCUT2D eigenvalue weighted by Gasteiger charge is -2.26. The molecule has 1 aliphatic rings. The Balaban J connectivity index is 1.62. The molecule has 5 nitrogen and oxygen atoms in total. The summed E-state index contributed by atoms with van der Waals surface area (Å²) in [5.41, 5.74) is 1.16. The fourth-order valence-electron chi connectivity index (χ4n) is 2.62. The lowest BCUT2D eigenvalue weighted by atomic mass is 10.2. The predicted octanol–water partition coefficient (Wildman–Crippen LogP) is 2.73. The lowest BCUT2D eigenvalue weighted by molar-refractivity contribution is 0.113. The highest BCUT2D eigenvalue weighted by Gasteiger charge is 2.18. The Morgan fingerprint density at radius 2 is 2.17 bits per heavy atom. The summed E-state index contributed by atoms with van der Waals surface area (Å²) >= 11 is 5.58. The van der Waals surface area contributed by atoms with Gasteiger partial charge >= 0.3 is 0 Å². The van der Waals surface area contributed by atoms with E-state index in [0.29, 0.717) is 18.2 Å². The second-order valence-electron chi connectivity index (χ2n) is 5.61. The summed E-state index contributed by atoms with van der Waals surface area (Å²) in [6.07, 6.45) is 7.76. The Morgan fingerprint density at radius 1 is 1.30 bits per heavy atom. The zero-order chi connectivity index (χ0) is 15.9. The summed E-state index contributed by atoms with van der Waals surface area (Å²) in [5.74, 6) is 0.889. The minimum absolute atomic E-state index is 0.263. The maximum absolute atomic E-state index is 5.64. The topological polar surface area (TPSA) is 50.5 Å². The molecule has 2 aromatic rings. The third-order valence-electron chi connectivity index (χ3n) is 3.84. The first-order chi connectivity index (χ1) is 11.3. The van der Waals surface area contributed by atoms with E-state index in [9.17, 15) is 0 Å². The van der Waals surface area contributed by atoms with Gasteiger partial charge in [-0.2, -0.15) is 0 Å². The normalized spacial score (nSPS) is 17.1. The van der Waals surface area contributed by atoms with Crippen molar-refractivity contribution < 1.29 is 9.15 Å². The van der Waals surface area contributed by atoms with E-state index in [4.69, 9.17) is 21.4 Å². The van der Waals surface area contributed by atoms with Crippen LogP contribution in [0.5, 0.6) is 0 Å². The van der Waals surface area contributed by atoms with Crippen LogP contribution in [0.4, 0.5) is 0 Å². The number of thiocarbonyl (C=S) groups is 1. The zero-order valence-electron chi connectivity index (χ0n) is 13.0. The standard InChI is InChI=1S/C17H21N3O2S/c23-17(19-11-15-3-1-9-21-15)20(13-16-4-2-10-22-16)12-14-5-7-18-8-6-14/h2,4-8,10,15H,1,3,9,11-13H2,(H,19,23)/t15-/m0/s1. The number of hydrogen-bond donors (Lipinski definition) is 1. The molecule has 0 amide bonds. The molecule has 1 fully saturated rings. The molecule has 0 aliphatic carbocycles. The van der Waals surface area contributed by atoms with Crippen LogP contribution in [-0.2, 0) is 17.8 Å². The van der Waals surface area contributed by atoms with Crippen molar-refractivity contribution in [2.45, 2.75) is 32.0 Å². The Morgan fingerprint density at radius 3 is 2.87 bits per heavy atom. The van der Waals surface area contributed by atoms with Gasteiger partial charge in [-0.1, -0.05) is 0 Å². The highest BCUT2D eigenvalue weighted by Crippen LogP contribution is 2.13. The van der Waals surface area contributed by atoms with Gasteiger partial charge in [0, 0.05) is 32.1 Å². The Kier molecular flexibility index (Phi) is 5.60. The molecular formula is C17H21N3O2S. The SMILES string of the molecule is S=C(NC[C@@H]1CCCO1)N(Cc1ccncc1)Cc1ccco1. The number of pyridine rings is 1. The maximum atomic E-state index is 5.64. The maximum Gasteiger partial charge on any atom is 0.169 e. The second kappa shape index (κ2) is 8.08. The van der Waals surface area contributed by atoms with Crippen molar-refractivity contribution in [3.05, 3.63) is 54.2 Å². The molecule has 122 valence electrons. The van der Waals surface area contributed by atoms with E-state index in [2.05, 4.69) is 15.2 Å². The highest BCUT2D eigenvalue weighted by atomic mass is 32.1. The van der Waals surface area contributed by atoms with Gasteiger partial charge in [0.2, 0.25) is 0 Å². The van der Waals surface area contributed by atoms with Crippen molar-refractivity contribution >= 4 is 17.3 Å². The number of hydrogen-bond acceptors (Lipinski definition) is 4. The summed E-state index contributed by atoms with van der Waals surface area (Å²) < 4.78 is 11.1. The van der Waals surface area contributed by atoms with E-state index in [1.54, 1.807) is 18.7 Å². The van der Waals surface area contributed by atoms with Crippen LogP contribution < -0.4 is 5.32 Å². The van der Waals surface area contributed by atoms with Crippen molar-refractivity contribution in [1.82, 2.24) is 15.2 Å². The van der Waals surface area contributed by atoms with Crippen LogP contribution in [0.25, 0.3) is 0 Å². The average molecular weight is 331 g/mol. The Hall–Kier alpha value is -1.92. The highest BCUT2D eigenvalue weighted by molar-refractivity contribution is 7.80. The molecule has 3 heterocycles. The first kappa shape index (κ1) is 16.0. The number of aromatic nitrogens is 1. The number of ether oxygens (including phenoxy) is 1. The van der Waals surface area contributed by atoms with E-state index in [1.807, 2.05) is 24.3 Å². The summed E-state index contributed by atoms with van der Waals surface area (Å²) in [6.45, 7) is 2.95. The van der Waals surface area contributed by atoms with E-state index in [-0.39, 0.29) is 6.10 Å². The lowest BCUT2D eigenvalue weighted by Crippen LogP contribution is -2.41. The molecule has 0 spiro atoms. The number of nitrogens with one attached hydrogen (secondary N) is 1. The zero-order valence-corrected chi connectivity index (χ0v) is 13.8. The van der Waals surface area contributed by atoms with Crippen LogP contribution in [0.1, 0.15) is 24.2 Å². The van der Waals surface area contributed by atoms with Gasteiger partial charge in [-0.25, -0.2) is 0 Å². The molecule has 0 aromatic carbocycles. The van der Waals surface area contributed by atoms with Crippen LogP contribution in [0.2, 0.25) is 0 Å². The van der Waals surface area contributed by atoms with Gasteiger partial charge in [-0.15, -0.1) is 0 Å². The summed E-state index contributed by atoms with van der Waals surface area (Å²) in [4.78, 5) is 6.16. The molecule has 1 atom stereocenters. The van der Waals surface area contributed by atoms with Gasteiger partial charge < -0.3 is 19.4 Å². The molecule has 6 heteroatoms. The van der Waals surface area contributed by atoms with Crippen molar-refractivity contribution in [3.63, 3.8) is 0 Å². The molecule has 2 aromatic heterocycles. The fourth-order valence-corrected chi connectivity index (χ4v) is 2.83. The Bertz CT molecular complexity index is 598. The van der Waals surface area contributed by atoms with E-state index < -0.39 is 0 Å². The van der Waals surface area contributed by atoms with E-state index in [0.717, 1.165) is 37.3 Å². The molecule has 1 N–H and O–H groups in total. The Labute approximate surface area is 141 Å². The van der Waals surface area contributed by atoms with E-state index in [1.165, 1.54) is 0 Å². The van der Waals surface area contributed by atoms with Gasteiger partial charge in [-0.05, 0) is 54.9 Å². The monoisotopic (exact) mass is 331 g/mol. The molecule has 0 bridgehead atoms. The third kappa shape index (κ3) is 4.77. The molecule has 1 aliphatic heterocycles. The van der Waals surface area contributed by atoms with Gasteiger partial charge in [0.1, 0.15) is 5.76 Å². The van der Waals surface area contributed by atoms with Gasteiger partial charge in [0.25, 0.3) is 0 Å². The van der Waals surface area contributed by atoms with Crippen LogP contribution in [0.15, 0.2) is 47.3 Å². The van der Waals surface area contributed by atoms with Gasteiger partial charge in [-0.3, -0.25) is 4.98 Å². The second-order valence-corrected chi connectivity index (χ2v) is 6.00. The number of furan rings is 1. The van der Waals surface area contributed by atoms with Crippen LogP contribution in [-0.4, -0.2) is 34.3 Å². The quantitative estimate of drug-likeness (QED) is 0.822. The minimum atomic E-state index is 0.263. The summed E-state index contributed by atoms with van der Waals surface area (Å²) in [6, 6.07) is 7.85. The first-order valence-corrected chi connectivity index (χ1v) is 8.28. The molecule has 1 saturated heterocycles. The minimum Gasteiger partial charge on any atom is -0.467 e. The van der Waals surface area contributed by atoms with Gasteiger partial charge in [0.05, 0.1) is 18.9 Å². The van der Waals surface area contributed by atoms with Crippen LogP contribution >= 0.6 is 12.2 Å². The van der Waals surface area contributed by atoms with Crippen molar-refractivity contribution in [3.8, 4) is 0 Å². The van der Waals surface area contributed by atoms with Crippen molar-refractivity contribution in [2.75, 3.05) is 13.2 Å². The molecule has 0 saturated carbocycles. The molecule has 0 radical (unpaired) electrons. The average Bonchev–Trinajstić information content (AvgIpc) is 3.26. The smallest absolute Gasteiger partial charge is 0.169 e. The largest absolute Gasteiger partial charge is 0.467 e. The first-order valence-electron chi connectivity index (χ1n) is 7.87.